The van der Waals surface area contributed by atoms with Crippen LogP contribution in [0.15, 0.2) is 24.3 Å². The Morgan fingerprint density at radius 3 is 3.00 bits per heavy atom. The van der Waals surface area contributed by atoms with Gasteiger partial charge in [-0.05, 0) is 25.3 Å². The maximum absolute atomic E-state index is 12.7. The molecular weight excluding hydrogens is 274 g/mol. The molecule has 0 amide bonds. The van der Waals surface area contributed by atoms with Crippen molar-refractivity contribution < 1.29 is 13.2 Å². The van der Waals surface area contributed by atoms with Gasteiger partial charge in [-0.1, -0.05) is 29.8 Å². The van der Waals surface area contributed by atoms with E-state index >= 15 is 0 Å². The molecular formula is C15H21NO3S. The number of sulfonamides is 1. The fourth-order valence-electron chi connectivity index (χ4n) is 3.30. The first-order chi connectivity index (χ1) is 9.56. The van der Waals surface area contributed by atoms with Crippen LogP contribution < -0.4 is 0 Å². The molecule has 1 aromatic carbocycles. The summed E-state index contributed by atoms with van der Waals surface area (Å²) in [6, 6.07) is 7.79. The summed E-state index contributed by atoms with van der Waals surface area (Å²) in [6.45, 7) is 3.88. The third kappa shape index (κ3) is 2.75. The summed E-state index contributed by atoms with van der Waals surface area (Å²) in [5.41, 5.74) is 1.96. The molecule has 0 spiro atoms. The van der Waals surface area contributed by atoms with Crippen molar-refractivity contribution in [2.45, 2.75) is 31.6 Å². The average Bonchev–Trinajstić information content (AvgIpc) is 2.85. The molecule has 2 saturated heterocycles. The molecule has 2 aliphatic rings. The van der Waals surface area contributed by atoms with E-state index in [1.807, 2.05) is 31.2 Å². The van der Waals surface area contributed by atoms with Gasteiger partial charge in [0, 0.05) is 12.5 Å². The zero-order valence-electron chi connectivity index (χ0n) is 11.8. The highest BCUT2D eigenvalue weighted by Crippen LogP contribution is 2.31. The summed E-state index contributed by atoms with van der Waals surface area (Å²) >= 11 is 0. The molecule has 0 aromatic heterocycles. The predicted octanol–water partition coefficient (Wildman–Crippen LogP) is 1.94. The average molecular weight is 295 g/mol. The van der Waals surface area contributed by atoms with Crippen LogP contribution in [0.4, 0.5) is 0 Å². The summed E-state index contributed by atoms with van der Waals surface area (Å²) in [4.78, 5) is 0. The molecule has 110 valence electrons. The van der Waals surface area contributed by atoms with Crippen molar-refractivity contribution in [1.82, 2.24) is 4.31 Å². The van der Waals surface area contributed by atoms with Crippen molar-refractivity contribution in [3.05, 3.63) is 35.4 Å². The van der Waals surface area contributed by atoms with Crippen LogP contribution in [0.1, 0.15) is 24.0 Å². The SMILES string of the molecule is Cc1cccc(CS(=O)(=O)N2CCC[C@@H]3COC[C@@H]32)c1. The van der Waals surface area contributed by atoms with E-state index < -0.39 is 10.0 Å². The Hall–Kier alpha value is -0.910. The van der Waals surface area contributed by atoms with E-state index in [0.717, 1.165) is 24.0 Å². The van der Waals surface area contributed by atoms with E-state index in [1.165, 1.54) is 0 Å². The van der Waals surface area contributed by atoms with Gasteiger partial charge in [-0.15, -0.1) is 0 Å². The molecule has 2 heterocycles. The number of piperidine rings is 1. The van der Waals surface area contributed by atoms with Gasteiger partial charge in [-0.2, -0.15) is 4.31 Å². The van der Waals surface area contributed by atoms with Gasteiger partial charge < -0.3 is 4.74 Å². The monoisotopic (exact) mass is 295 g/mol. The van der Waals surface area contributed by atoms with Gasteiger partial charge in [0.1, 0.15) is 0 Å². The Morgan fingerprint density at radius 2 is 2.20 bits per heavy atom. The van der Waals surface area contributed by atoms with Crippen LogP contribution >= 0.6 is 0 Å². The summed E-state index contributed by atoms with van der Waals surface area (Å²) in [7, 11) is -3.25. The fourth-order valence-corrected chi connectivity index (χ4v) is 5.12. The van der Waals surface area contributed by atoms with E-state index in [4.69, 9.17) is 4.74 Å². The van der Waals surface area contributed by atoms with E-state index in [2.05, 4.69) is 0 Å². The second-order valence-electron chi connectivity index (χ2n) is 5.86. The highest BCUT2D eigenvalue weighted by molar-refractivity contribution is 7.88. The quantitative estimate of drug-likeness (QED) is 0.856. The van der Waals surface area contributed by atoms with Gasteiger partial charge in [0.05, 0.1) is 25.0 Å². The molecule has 2 fully saturated rings. The first-order valence-corrected chi connectivity index (χ1v) is 8.80. The minimum absolute atomic E-state index is 0.0542. The molecule has 1 aromatic rings. The Kier molecular flexibility index (Phi) is 3.84. The minimum Gasteiger partial charge on any atom is -0.379 e. The standard InChI is InChI=1S/C15H21NO3S/c1-12-4-2-5-13(8-12)11-20(17,18)16-7-3-6-14-9-19-10-15(14)16/h2,4-5,8,14-15H,3,6-7,9-11H2,1H3/t14-,15+/m1/s1. The lowest BCUT2D eigenvalue weighted by Gasteiger charge is -2.35. The van der Waals surface area contributed by atoms with Crippen LogP contribution in [0.25, 0.3) is 0 Å². The third-order valence-electron chi connectivity index (χ3n) is 4.28. The van der Waals surface area contributed by atoms with Crippen molar-refractivity contribution in [3.8, 4) is 0 Å². The van der Waals surface area contributed by atoms with Gasteiger partial charge in [0.15, 0.2) is 0 Å². The van der Waals surface area contributed by atoms with Crippen LogP contribution in [0.2, 0.25) is 0 Å². The zero-order chi connectivity index (χ0) is 14.2. The van der Waals surface area contributed by atoms with E-state index in [9.17, 15) is 8.42 Å². The first-order valence-electron chi connectivity index (χ1n) is 7.19. The highest BCUT2D eigenvalue weighted by atomic mass is 32.2. The summed E-state index contributed by atoms with van der Waals surface area (Å²) in [5.74, 6) is 0.480. The number of rotatable bonds is 3. The number of fused-ring (bicyclic) bond motifs is 1. The van der Waals surface area contributed by atoms with E-state index in [-0.39, 0.29) is 11.8 Å². The number of nitrogens with zero attached hydrogens (tertiary/aromatic N) is 1. The van der Waals surface area contributed by atoms with Crippen molar-refractivity contribution in [2.75, 3.05) is 19.8 Å². The smallest absolute Gasteiger partial charge is 0.218 e. The fraction of sp³-hybridized carbons (Fsp3) is 0.600. The Bertz CT molecular complexity index is 585. The number of aryl methyl sites for hydroxylation is 1. The summed E-state index contributed by atoms with van der Waals surface area (Å²) in [6.07, 6.45) is 2.03. The molecule has 2 atom stereocenters. The van der Waals surface area contributed by atoms with Crippen molar-refractivity contribution in [3.63, 3.8) is 0 Å². The van der Waals surface area contributed by atoms with E-state index in [0.29, 0.717) is 25.7 Å². The Labute approximate surface area is 120 Å². The van der Waals surface area contributed by atoms with Gasteiger partial charge in [0.25, 0.3) is 0 Å². The number of benzene rings is 1. The van der Waals surface area contributed by atoms with Crippen LogP contribution in [-0.4, -0.2) is 38.5 Å². The number of hydrogen-bond donors (Lipinski definition) is 0. The minimum atomic E-state index is -3.25. The molecule has 3 rings (SSSR count). The lowest BCUT2D eigenvalue weighted by atomic mass is 9.94. The molecule has 0 aliphatic carbocycles. The van der Waals surface area contributed by atoms with Crippen molar-refractivity contribution in [2.24, 2.45) is 5.92 Å². The number of ether oxygens (including phenoxy) is 1. The Balaban J connectivity index is 1.80. The van der Waals surface area contributed by atoms with Crippen molar-refractivity contribution >= 4 is 10.0 Å². The summed E-state index contributed by atoms with van der Waals surface area (Å²) in [5, 5.41) is 0. The molecule has 20 heavy (non-hydrogen) atoms. The highest BCUT2D eigenvalue weighted by Gasteiger charge is 2.41. The molecule has 0 unspecified atom stereocenters. The van der Waals surface area contributed by atoms with E-state index in [1.54, 1.807) is 4.31 Å². The van der Waals surface area contributed by atoms with Gasteiger partial charge in [-0.3, -0.25) is 0 Å². The molecule has 4 nitrogen and oxygen atoms in total. The second kappa shape index (κ2) is 5.47. The predicted molar refractivity (Wildman–Crippen MR) is 77.8 cm³/mol. The molecule has 0 radical (unpaired) electrons. The van der Waals surface area contributed by atoms with Gasteiger partial charge in [0.2, 0.25) is 10.0 Å². The largest absolute Gasteiger partial charge is 0.379 e. The van der Waals surface area contributed by atoms with Crippen molar-refractivity contribution in [1.29, 1.82) is 0 Å². The van der Waals surface area contributed by atoms with Crippen LogP contribution in [-0.2, 0) is 20.5 Å². The van der Waals surface area contributed by atoms with Gasteiger partial charge in [-0.25, -0.2) is 8.42 Å². The first kappa shape index (κ1) is 14.0. The molecule has 0 bridgehead atoms. The molecule has 5 heteroatoms. The second-order valence-corrected chi connectivity index (χ2v) is 7.78. The molecule has 0 saturated carbocycles. The normalized spacial score (nSPS) is 27.4. The Morgan fingerprint density at radius 1 is 1.35 bits per heavy atom. The van der Waals surface area contributed by atoms with Crippen LogP contribution in [0.3, 0.4) is 0 Å². The molecule has 0 N–H and O–H groups in total. The lowest BCUT2D eigenvalue weighted by molar-refractivity contribution is 0.177. The molecule has 2 aliphatic heterocycles. The van der Waals surface area contributed by atoms with Crippen LogP contribution in [0, 0.1) is 12.8 Å². The zero-order valence-corrected chi connectivity index (χ0v) is 12.6. The third-order valence-corrected chi connectivity index (χ3v) is 6.14. The lowest BCUT2D eigenvalue weighted by Crippen LogP contribution is -2.48. The number of hydrogen-bond acceptors (Lipinski definition) is 3. The summed E-state index contributed by atoms with van der Waals surface area (Å²) < 4.78 is 32.5. The topological polar surface area (TPSA) is 46.6 Å². The maximum atomic E-state index is 12.7. The maximum Gasteiger partial charge on any atom is 0.218 e. The van der Waals surface area contributed by atoms with Gasteiger partial charge >= 0.3 is 0 Å². The van der Waals surface area contributed by atoms with Crippen LogP contribution in [0.5, 0.6) is 0 Å².